The van der Waals surface area contributed by atoms with Crippen molar-refractivity contribution in [1.29, 1.82) is 0 Å². The van der Waals surface area contributed by atoms with Crippen LogP contribution >= 0.6 is 23.2 Å². The number of nitrogens with zero attached hydrogens (tertiary/aromatic N) is 2. The van der Waals surface area contributed by atoms with E-state index in [-0.39, 0.29) is 39.1 Å². The van der Waals surface area contributed by atoms with Crippen molar-refractivity contribution in [3.63, 3.8) is 0 Å². The van der Waals surface area contributed by atoms with E-state index in [9.17, 15) is 18.0 Å². The minimum atomic E-state index is -4.22. The van der Waals surface area contributed by atoms with Gasteiger partial charge in [0.25, 0.3) is 10.0 Å². The van der Waals surface area contributed by atoms with E-state index in [0.29, 0.717) is 0 Å². The van der Waals surface area contributed by atoms with Crippen LogP contribution < -0.4 is 9.62 Å². The summed E-state index contributed by atoms with van der Waals surface area (Å²) in [5, 5.41) is 3.45. The fourth-order valence-corrected chi connectivity index (χ4v) is 6.66. The Morgan fingerprint density at radius 1 is 0.975 bits per heavy atom. The van der Waals surface area contributed by atoms with Crippen molar-refractivity contribution in [2.45, 2.75) is 63.1 Å². The second-order valence-corrected chi connectivity index (χ2v) is 12.8. The topological polar surface area (TPSA) is 86.8 Å². The summed E-state index contributed by atoms with van der Waals surface area (Å²) in [6.07, 6.45) is 3.91. The molecule has 1 atom stereocenters. The second kappa shape index (κ2) is 13.1. The predicted octanol–water partition coefficient (Wildman–Crippen LogP) is 5.97. The summed E-state index contributed by atoms with van der Waals surface area (Å²) in [6, 6.07) is 19.1. The third-order valence-electron chi connectivity index (χ3n) is 7.13. The first kappa shape index (κ1) is 29.9. The van der Waals surface area contributed by atoms with Crippen LogP contribution in [0.25, 0.3) is 0 Å². The highest BCUT2D eigenvalue weighted by atomic mass is 35.5. The van der Waals surface area contributed by atoms with Crippen LogP contribution in [0, 0.1) is 6.92 Å². The van der Waals surface area contributed by atoms with Crippen molar-refractivity contribution >= 4 is 50.7 Å². The molecule has 40 heavy (non-hydrogen) atoms. The van der Waals surface area contributed by atoms with E-state index in [4.69, 9.17) is 23.2 Å². The third-order valence-corrected chi connectivity index (χ3v) is 9.46. The number of rotatable bonds is 10. The smallest absolute Gasteiger partial charge is 0.264 e. The molecule has 1 fully saturated rings. The first-order chi connectivity index (χ1) is 19.1. The molecule has 0 saturated heterocycles. The molecule has 4 rings (SSSR count). The highest BCUT2D eigenvalue weighted by Gasteiger charge is 2.34. The summed E-state index contributed by atoms with van der Waals surface area (Å²) >= 11 is 12.7. The number of halogens is 2. The molecular formula is C30H33Cl2N3O4S. The second-order valence-electron chi connectivity index (χ2n) is 10.1. The molecule has 0 radical (unpaired) electrons. The monoisotopic (exact) mass is 601 g/mol. The van der Waals surface area contributed by atoms with Gasteiger partial charge in [0.05, 0.1) is 15.6 Å². The first-order valence-corrected chi connectivity index (χ1v) is 15.4. The molecule has 0 aromatic heterocycles. The van der Waals surface area contributed by atoms with Gasteiger partial charge in [-0.2, -0.15) is 0 Å². The predicted molar refractivity (Wildman–Crippen MR) is 159 cm³/mol. The highest BCUT2D eigenvalue weighted by Crippen LogP contribution is 2.33. The fourth-order valence-electron chi connectivity index (χ4n) is 4.77. The average molecular weight is 603 g/mol. The lowest BCUT2D eigenvalue weighted by Gasteiger charge is -2.32. The van der Waals surface area contributed by atoms with E-state index in [1.165, 1.54) is 29.2 Å². The summed E-state index contributed by atoms with van der Waals surface area (Å²) in [4.78, 5) is 28.7. The number of anilines is 1. The maximum atomic E-state index is 14.0. The minimum Gasteiger partial charge on any atom is -0.352 e. The van der Waals surface area contributed by atoms with E-state index in [1.807, 2.05) is 31.2 Å². The molecule has 1 saturated carbocycles. The Balaban J connectivity index is 1.70. The first-order valence-electron chi connectivity index (χ1n) is 13.2. The third kappa shape index (κ3) is 7.16. The molecule has 0 bridgehead atoms. The molecule has 3 aromatic carbocycles. The largest absolute Gasteiger partial charge is 0.352 e. The van der Waals surface area contributed by atoms with E-state index in [1.54, 1.807) is 31.2 Å². The van der Waals surface area contributed by atoms with Crippen LogP contribution in [-0.2, 0) is 26.2 Å². The Labute approximate surface area is 246 Å². The summed E-state index contributed by atoms with van der Waals surface area (Å²) in [7, 11) is -4.22. The molecular weight excluding hydrogens is 569 g/mol. The molecule has 7 nitrogen and oxygen atoms in total. The lowest BCUT2D eigenvalue weighted by molar-refractivity contribution is -0.139. The van der Waals surface area contributed by atoms with Gasteiger partial charge in [-0.25, -0.2) is 8.42 Å². The number of benzene rings is 3. The summed E-state index contributed by atoms with van der Waals surface area (Å²) in [6.45, 7) is 3.18. The average Bonchev–Trinajstić information content (AvgIpc) is 3.45. The molecule has 2 amide bonds. The van der Waals surface area contributed by atoms with Gasteiger partial charge in [0.1, 0.15) is 12.6 Å². The van der Waals surface area contributed by atoms with E-state index < -0.39 is 28.5 Å². The quantitative estimate of drug-likeness (QED) is 0.310. The van der Waals surface area contributed by atoms with Crippen LogP contribution in [-0.4, -0.2) is 43.8 Å². The van der Waals surface area contributed by atoms with Gasteiger partial charge in [-0.3, -0.25) is 13.9 Å². The molecule has 3 aromatic rings. The summed E-state index contributed by atoms with van der Waals surface area (Å²) in [5.74, 6) is -0.823. The number of sulfonamides is 1. The van der Waals surface area contributed by atoms with Crippen molar-refractivity contribution in [3.8, 4) is 0 Å². The normalized spacial score (nSPS) is 14.5. The summed E-state index contributed by atoms with van der Waals surface area (Å²) in [5.41, 5.74) is 1.95. The number of aryl methyl sites for hydroxylation is 1. The lowest BCUT2D eigenvalue weighted by atomic mass is 10.1. The molecule has 1 N–H and O–H groups in total. The van der Waals surface area contributed by atoms with Crippen LogP contribution in [0.2, 0.25) is 10.0 Å². The number of nitrogens with one attached hydrogen (secondary N) is 1. The Hall–Kier alpha value is -3.07. The van der Waals surface area contributed by atoms with Crippen LogP contribution in [0.4, 0.5) is 5.69 Å². The van der Waals surface area contributed by atoms with Gasteiger partial charge in [0.15, 0.2) is 0 Å². The number of amides is 2. The zero-order chi connectivity index (χ0) is 28.9. The molecule has 0 spiro atoms. The Morgan fingerprint density at radius 2 is 1.62 bits per heavy atom. The van der Waals surface area contributed by atoms with E-state index in [0.717, 1.165) is 41.1 Å². The zero-order valence-corrected chi connectivity index (χ0v) is 24.8. The van der Waals surface area contributed by atoms with Crippen LogP contribution in [0.3, 0.4) is 0 Å². The number of carbonyl (C=O) groups excluding carboxylic acids is 2. The molecule has 10 heteroatoms. The minimum absolute atomic E-state index is 0.00375. The lowest BCUT2D eigenvalue weighted by Crippen LogP contribution is -2.52. The van der Waals surface area contributed by atoms with Crippen molar-refractivity contribution < 1.29 is 18.0 Å². The van der Waals surface area contributed by atoms with Crippen molar-refractivity contribution in [1.82, 2.24) is 10.2 Å². The zero-order valence-electron chi connectivity index (χ0n) is 22.5. The van der Waals surface area contributed by atoms with Gasteiger partial charge in [-0.1, -0.05) is 84.1 Å². The molecule has 1 unspecified atom stereocenters. The molecule has 0 heterocycles. The van der Waals surface area contributed by atoms with Crippen molar-refractivity contribution in [3.05, 3.63) is 94.0 Å². The molecule has 1 aliphatic carbocycles. The molecule has 212 valence electrons. The van der Waals surface area contributed by atoms with Crippen LogP contribution in [0.1, 0.15) is 43.7 Å². The Kier molecular flexibility index (Phi) is 9.77. The number of hydrogen-bond donors (Lipinski definition) is 1. The number of hydrogen-bond acceptors (Lipinski definition) is 4. The molecule has 0 aliphatic heterocycles. The van der Waals surface area contributed by atoms with E-state index >= 15 is 0 Å². The Morgan fingerprint density at radius 3 is 2.27 bits per heavy atom. The molecule has 1 aliphatic rings. The standard InChI is InChI=1S/C30H33Cl2N3O4S/c1-21-12-14-23(15-13-21)19-34(22(2)30(37)33-25-8-6-7-9-25)29(36)20-35(28-18-24(31)16-17-27(28)32)40(38,39)26-10-4-3-5-11-26/h3-5,10-18,22,25H,6-9,19-20H2,1-2H3,(H,33,37). The highest BCUT2D eigenvalue weighted by molar-refractivity contribution is 7.92. The summed E-state index contributed by atoms with van der Waals surface area (Å²) < 4.78 is 28.7. The maximum absolute atomic E-state index is 14.0. The van der Waals surface area contributed by atoms with Crippen molar-refractivity contribution in [2.24, 2.45) is 0 Å². The maximum Gasteiger partial charge on any atom is 0.264 e. The van der Waals surface area contributed by atoms with Crippen LogP contribution in [0.5, 0.6) is 0 Å². The Bertz CT molecular complexity index is 1440. The van der Waals surface area contributed by atoms with Crippen LogP contribution in [0.15, 0.2) is 77.7 Å². The van der Waals surface area contributed by atoms with E-state index in [2.05, 4.69) is 5.32 Å². The van der Waals surface area contributed by atoms with Gasteiger partial charge in [0, 0.05) is 17.6 Å². The van der Waals surface area contributed by atoms with Gasteiger partial charge >= 0.3 is 0 Å². The SMILES string of the molecule is Cc1ccc(CN(C(=O)CN(c2cc(Cl)ccc2Cl)S(=O)(=O)c2ccccc2)C(C)C(=O)NC2CCCC2)cc1. The number of carbonyl (C=O) groups is 2. The van der Waals surface area contributed by atoms with Gasteiger partial charge in [-0.05, 0) is 62.6 Å². The van der Waals surface area contributed by atoms with Crippen molar-refractivity contribution in [2.75, 3.05) is 10.8 Å². The fraction of sp³-hybridized carbons (Fsp3) is 0.333. The van der Waals surface area contributed by atoms with Gasteiger partial charge < -0.3 is 10.2 Å². The van der Waals surface area contributed by atoms with Gasteiger partial charge in [0.2, 0.25) is 11.8 Å². The van der Waals surface area contributed by atoms with Gasteiger partial charge in [-0.15, -0.1) is 0 Å².